The number of ether oxygens (including phenoxy) is 1. The first-order valence-electron chi connectivity index (χ1n) is 9.31. The summed E-state index contributed by atoms with van der Waals surface area (Å²) in [5.41, 5.74) is -0.447. The van der Waals surface area contributed by atoms with Crippen molar-refractivity contribution in [1.82, 2.24) is 0 Å². The van der Waals surface area contributed by atoms with Crippen LogP contribution in [0.1, 0.15) is 44.7 Å². The molecule has 2 aromatic carbocycles. The molecule has 2 rings (SSSR count). The van der Waals surface area contributed by atoms with Crippen LogP contribution >= 0.6 is 15.9 Å². The zero-order chi connectivity index (χ0) is 20.8. The highest BCUT2D eigenvalue weighted by molar-refractivity contribution is 9.10. The van der Waals surface area contributed by atoms with Gasteiger partial charge in [0.15, 0.2) is 0 Å². The van der Waals surface area contributed by atoms with Crippen molar-refractivity contribution in [2.24, 2.45) is 5.41 Å². The summed E-state index contributed by atoms with van der Waals surface area (Å²) < 4.78 is 35.8. The Kier molecular flexibility index (Phi) is 7.52. The van der Waals surface area contributed by atoms with Crippen molar-refractivity contribution in [1.29, 1.82) is 0 Å². The maximum absolute atomic E-state index is 14.8. The van der Waals surface area contributed by atoms with Crippen molar-refractivity contribution in [3.63, 3.8) is 0 Å². The molecule has 0 radical (unpaired) electrons. The number of benzene rings is 2. The first-order chi connectivity index (χ1) is 13.1. The Morgan fingerprint density at radius 2 is 1.68 bits per heavy atom. The zero-order valence-electron chi connectivity index (χ0n) is 16.6. The highest BCUT2D eigenvalue weighted by atomic mass is 79.9. The van der Waals surface area contributed by atoms with E-state index in [9.17, 15) is 13.6 Å². The van der Waals surface area contributed by atoms with E-state index in [1.807, 2.05) is 54.6 Å². The van der Waals surface area contributed by atoms with Crippen molar-refractivity contribution in [2.75, 3.05) is 6.61 Å². The fourth-order valence-corrected chi connectivity index (χ4v) is 3.34. The molecule has 28 heavy (non-hydrogen) atoms. The first kappa shape index (κ1) is 22.7. The minimum Gasteiger partial charge on any atom is -0.371 e. The van der Waals surface area contributed by atoms with E-state index < -0.39 is 23.4 Å². The zero-order valence-corrected chi connectivity index (χ0v) is 18.1. The number of carbonyl (C=O) groups excluding carboxylic acids is 1. The Labute approximate surface area is 174 Å². The molecular weight excluding hydrogens is 426 g/mol. The quantitative estimate of drug-likeness (QED) is 0.381. The summed E-state index contributed by atoms with van der Waals surface area (Å²) in [5.74, 6) is -3.01. The molecule has 0 saturated carbocycles. The van der Waals surface area contributed by atoms with Gasteiger partial charge in [-0.2, -0.15) is 0 Å². The van der Waals surface area contributed by atoms with Gasteiger partial charge in [-0.25, -0.2) is 8.78 Å². The van der Waals surface area contributed by atoms with Crippen LogP contribution in [0.2, 0.25) is 0 Å². The molecule has 0 heterocycles. The monoisotopic (exact) mass is 452 g/mol. The predicted octanol–water partition coefficient (Wildman–Crippen LogP) is 6.56. The highest BCUT2D eigenvalue weighted by Crippen LogP contribution is 2.43. The van der Waals surface area contributed by atoms with Crippen molar-refractivity contribution < 1.29 is 18.3 Å². The van der Waals surface area contributed by atoms with Gasteiger partial charge in [-0.1, -0.05) is 72.2 Å². The third kappa shape index (κ3) is 5.71. The molecule has 152 valence electrons. The van der Waals surface area contributed by atoms with Gasteiger partial charge >= 0.3 is 0 Å². The number of hydrogen-bond donors (Lipinski definition) is 0. The van der Waals surface area contributed by atoms with Crippen LogP contribution in [0.4, 0.5) is 8.78 Å². The van der Waals surface area contributed by atoms with Crippen molar-refractivity contribution >= 4 is 22.2 Å². The Morgan fingerprint density at radius 3 is 2.29 bits per heavy atom. The number of halogens is 3. The molecule has 0 bridgehead atoms. The summed E-state index contributed by atoms with van der Waals surface area (Å²) in [6.07, 6.45) is 1.37. The Bertz CT molecular complexity index is 777. The Hall–Kier alpha value is -1.59. The lowest BCUT2D eigenvalue weighted by Crippen LogP contribution is -2.42. The van der Waals surface area contributed by atoms with Gasteiger partial charge in [0, 0.05) is 15.3 Å². The van der Waals surface area contributed by atoms with Gasteiger partial charge in [0.2, 0.25) is 0 Å². The summed E-state index contributed by atoms with van der Waals surface area (Å²) in [6.45, 7) is 4.36. The number of rotatable bonds is 10. The Morgan fingerprint density at radius 1 is 1.00 bits per heavy atom. The first-order valence-corrected chi connectivity index (χ1v) is 10.1. The van der Waals surface area contributed by atoms with E-state index in [0.29, 0.717) is 6.42 Å². The number of carbonyl (C=O) groups is 1. The summed E-state index contributed by atoms with van der Waals surface area (Å²) in [7, 11) is 0. The SMILES string of the molecule is CC(C=O)(CCC(C)(C)C(F)(F)COCc1ccccc1)c1cccc(Br)c1. The van der Waals surface area contributed by atoms with Crippen LogP contribution in [0, 0.1) is 5.41 Å². The van der Waals surface area contributed by atoms with Crippen LogP contribution in [-0.4, -0.2) is 18.8 Å². The molecule has 0 N–H and O–H groups in total. The molecule has 1 unspecified atom stereocenters. The standard InChI is InChI=1S/C23H27BrF2O2/c1-21(2,23(25,26)17-28-15-18-8-5-4-6-9-18)12-13-22(3,16-27)19-10-7-11-20(24)14-19/h4-11,14,16H,12-13,15,17H2,1-3H3. The maximum atomic E-state index is 14.8. The number of hydrogen-bond acceptors (Lipinski definition) is 2. The van der Waals surface area contributed by atoms with Crippen LogP contribution in [0.5, 0.6) is 0 Å². The molecule has 5 heteroatoms. The van der Waals surface area contributed by atoms with E-state index in [0.717, 1.165) is 21.9 Å². The lowest BCUT2D eigenvalue weighted by molar-refractivity contribution is -0.159. The molecule has 0 amide bonds. The van der Waals surface area contributed by atoms with Gasteiger partial charge in [-0.3, -0.25) is 0 Å². The van der Waals surface area contributed by atoms with Crippen LogP contribution in [0.3, 0.4) is 0 Å². The average molecular weight is 453 g/mol. The second kappa shape index (κ2) is 9.27. The summed E-state index contributed by atoms with van der Waals surface area (Å²) in [6, 6.07) is 16.7. The minimum absolute atomic E-state index is 0.149. The van der Waals surface area contributed by atoms with Crippen molar-refractivity contribution in [3.05, 3.63) is 70.2 Å². The molecule has 0 aromatic heterocycles. The van der Waals surface area contributed by atoms with E-state index in [4.69, 9.17) is 4.74 Å². The fourth-order valence-electron chi connectivity index (χ4n) is 2.94. The van der Waals surface area contributed by atoms with Gasteiger partial charge in [0.1, 0.15) is 12.9 Å². The van der Waals surface area contributed by atoms with Crippen LogP contribution in [-0.2, 0) is 21.6 Å². The van der Waals surface area contributed by atoms with Gasteiger partial charge in [-0.15, -0.1) is 0 Å². The van der Waals surface area contributed by atoms with Crippen LogP contribution in [0.25, 0.3) is 0 Å². The molecule has 2 aromatic rings. The molecule has 0 aliphatic carbocycles. The van der Waals surface area contributed by atoms with Crippen molar-refractivity contribution in [2.45, 2.75) is 51.6 Å². The average Bonchev–Trinajstić information content (AvgIpc) is 2.67. The van der Waals surface area contributed by atoms with Gasteiger partial charge < -0.3 is 9.53 Å². The molecule has 1 atom stereocenters. The summed E-state index contributed by atoms with van der Waals surface area (Å²) >= 11 is 3.40. The van der Waals surface area contributed by atoms with Crippen LogP contribution in [0.15, 0.2) is 59.1 Å². The molecule has 0 saturated heterocycles. The van der Waals surface area contributed by atoms with Gasteiger partial charge in [-0.05, 0) is 43.0 Å². The predicted molar refractivity (Wildman–Crippen MR) is 112 cm³/mol. The second-order valence-corrected chi connectivity index (χ2v) is 9.03. The van der Waals surface area contributed by atoms with Gasteiger partial charge in [0.05, 0.1) is 6.61 Å². The van der Waals surface area contributed by atoms with E-state index in [2.05, 4.69) is 15.9 Å². The molecule has 0 aliphatic rings. The minimum atomic E-state index is -3.01. The number of alkyl halides is 2. The third-order valence-corrected chi connectivity index (χ3v) is 5.89. The maximum Gasteiger partial charge on any atom is 0.275 e. The van der Waals surface area contributed by atoms with E-state index in [1.54, 1.807) is 6.92 Å². The smallest absolute Gasteiger partial charge is 0.275 e. The van der Waals surface area contributed by atoms with Gasteiger partial charge in [0.25, 0.3) is 5.92 Å². The lowest BCUT2D eigenvalue weighted by atomic mass is 9.72. The van der Waals surface area contributed by atoms with E-state index in [-0.39, 0.29) is 13.0 Å². The molecule has 2 nitrogen and oxygen atoms in total. The third-order valence-electron chi connectivity index (χ3n) is 5.40. The molecule has 0 aliphatic heterocycles. The van der Waals surface area contributed by atoms with E-state index >= 15 is 0 Å². The second-order valence-electron chi connectivity index (χ2n) is 8.11. The fraction of sp³-hybridized carbons (Fsp3) is 0.435. The van der Waals surface area contributed by atoms with Crippen LogP contribution < -0.4 is 0 Å². The number of aldehydes is 1. The Balaban J connectivity index is 2.00. The molecular formula is C23H27BrF2O2. The molecule has 0 fully saturated rings. The normalized spacial score (nSPS) is 14.5. The summed E-state index contributed by atoms with van der Waals surface area (Å²) in [4.78, 5) is 11.8. The molecule has 0 spiro atoms. The highest BCUT2D eigenvalue weighted by Gasteiger charge is 2.47. The summed E-state index contributed by atoms with van der Waals surface area (Å²) in [5, 5.41) is 0. The lowest BCUT2D eigenvalue weighted by Gasteiger charge is -2.36. The van der Waals surface area contributed by atoms with Crippen molar-refractivity contribution in [3.8, 4) is 0 Å². The largest absolute Gasteiger partial charge is 0.371 e. The topological polar surface area (TPSA) is 26.3 Å². The van der Waals surface area contributed by atoms with E-state index in [1.165, 1.54) is 13.8 Å².